The Morgan fingerprint density at radius 2 is 1.20 bits per heavy atom. The molecule has 0 atom stereocenters. The molecular formula is C5H2F4O. The molecule has 5 heteroatoms. The zero-order chi connectivity index (χ0) is 8.15. The highest BCUT2D eigenvalue weighted by atomic mass is 19.3. The Kier molecular flexibility index (Phi) is 3.38. The standard InChI is InChI=1S/C5H2F4O/c6-4(7)1-3(10)2-5(8)9/h1-2H. The van der Waals surface area contributed by atoms with Gasteiger partial charge in [-0.05, 0) is 0 Å². The lowest BCUT2D eigenvalue weighted by Gasteiger charge is -1.78. The van der Waals surface area contributed by atoms with Crippen LogP contribution in [0.4, 0.5) is 17.6 Å². The van der Waals surface area contributed by atoms with Crippen LogP contribution in [0.25, 0.3) is 0 Å². The Bertz CT molecular complexity index is 166. The smallest absolute Gasteiger partial charge is 0.274 e. The van der Waals surface area contributed by atoms with Crippen LogP contribution in [0.1, 0.15) is 0 Å². The molecule has 0 saturated heterocycles. The maximum absolute atomic E-state index is 11.1. The highest BCUT2D eigenvalue weighted by Crippen LogP contribution is 2.01. The Morgan fingerprint density at radius 1 is 0.900 bits per heavy atom. The number of carbonyl (C=O) groups is 1. The zero-order valence-electron chi connectivity index (χ0n) is 4.57. The topological polar surface area (TPSA) is 17.1 Å². The Labute approximate surface area is 53.6 Å². The van der Waals surface area contributed by atoms with E-state index in [1.165, 1.54) is 0 Å². The SMILES string of the molecule is O=C(C=C(F)F)C=C(F)F. The summed E-state index contributed by atoms with van der Waals surface area (Å²) in [5, 5.41) is 0. The molecule has 0 amide bonds. The molecule has 56 valence electrons. The lowest BCUT2D eigenvalue weighted by molar-refractivity contribution is -0.110. The largest absolute Gasteiger partial charge is 0.290 e. The van der Waals surface area contributed by atoms with Crippen LogP contribution in [-0.2, 0) is 4.79 Å². The van der Waals surface area contributed by atoms with Gasteiger partial charge < -0.3 is 0 Å². The summed E-state index contributed by atoms with van der Waals surface area (Å²) >= 11 is 0. The summed E-state index contributed by atoms with van der Waals surface area (Å²) in [6.07, 6.45) is -4.94. The minimum Gasteiger partial charge on any atom is -0.290 e. The minimum atomic E-state index is -2.29. The molecule has 0 bridgehead atoms. The van der Waals surface area contributed by atoms with Crippen molar-refractivity contribution in [3.8, 4) is 0 Å². The van der Waals surface area contributed by atoms with Gasteiger partial charge in [0.1, 0.15) is 0 Å². The maximum Gasteiger partial charge on any atom is 0.274 e. The van der Waals surface area contributed by atoms with Gasteiger partial charge in [-0.2, -0.15) is 17.6 Å². The van der Waals surface area contributed by atoms with Crippen LogP contribution in [0.2, 0.25) is 0 Å². The third-order valence-electron chi connectivity index (χ3n) is 0.503. The van der Waals surface area contributed by atoms with Crippen molar-refractivity contribution < 1.29 is 22.4 Å². The highest BCUT2D eigenvalue weighted by molar-refractivity contribution is 5.99. The molecule has 0 radical (unpaired) electrons. The molecule has 0 aromatic heterocycles. The highest BCUT2D eigenvalue weighted by Gasteiger charge is 1.98. The number of rotatable bonds is 2. The molecule has 0 aliphatic rings. The number of hydrogen-bond acceptors (Lipinski definition) is 1. The first-order valence-electron chi connectivity index (χ1n) is 2.11. The van der Waals surface area contributed by atoms with Crippen molar-refractivity contribution in [1.29, 1.82) is 0 Å². The normalized spacial score (nSPS) is 8.40. The predicted molar refractivity (Wildman–Crippen MR) is 25.6 cm³/mol. The Balaban J connectivity index is 4.14. The summed E-state index contributed by atoms with van der Waals surface area (Å²) in [4.78, 5) is 9.95. The van der Waals surface area contributed by atoms with E-state index in [4.69, 9.17) is 0 Å². The first-order chi connectivity index (χ1) is 4.52. The van der Waals surface area contributed by atoms with Gasteiger partial charge in [0.05, 0.1) is 12.2 Å². The quantitative estimate of drug-likeness (QED) is 0.439. The number of ketones is 1. The molecule has 0 fully saturated rings. The lowest BCUT2D eigenvalue weighted by atomic mass is 10.4. The molecule has 0 rings (SSSR count). The van der Waals surface area contributed by atoms with Crippen molar-refractivity contribution in [2.24, 2.45) is 0 Å². The number of halogens is 4. The average molecular weight is 154 g/mol. The van der Waals surface area contributed by atoms with Crippen molar-refractivity contribution in [3.63, 3.8) is 0 Å². The summed E-state index contributed by atoms with van der Waals surface area (Å²) in [6, 6.07) is 0. The van der Waals surface area contributed by atoms with Gasteiger partial charge in [-0.15, -0.1) is 0 Å². The fraction of sp³-hybridized carbons (Fsp3) is 0. The minimum absolute atomic E-state index is 0.181. The van der Waals surface area contributed by atoms with Crippen LogP contribution in [0.15, 0.2) is 24.3 Å². The van der Waals surface area contributed by atoms with Crippen LogP contribution in [0, 0.1) is 0 Å². The summed E-state index contributed by atoms with van der Waals surface area (Å²) in [6.45, 7) is 0. The molecule has 1 nitrogen and oxygen atoms in total. The van der Waals surface area contributed by atoms with Gasteiger partial charge in [-0.3, -0.25) is 4.79 Å². The van der Waals surface area contributed by atoms with E-state index in [0.717, 1.165) is 0 Å². The maximum atomic E-state index is 11.1. The first kappa shape index (κ1) is 8.87. The van der Waals surface area contributed by atoms with Crippen molar-refractivity contribution in [3.05, 3.63) is 24.3 Å². The summed E-state index contributed by atoms with van der Waals surface area (Å²) in [7, 11) is 0. The number of hydrogen-bond donors (Lipinski definition) is 0. The number of carbonyl (C=O) groups excluding carboxylic acids is 1. The molecule has 0 aliphatic carbocycles. The Hall–Kier alpha value is -1.13. The van der Waals surface area contributed by atoms with E-state index in [2.05, 4.69) is 0 Å². The summed E-state index contributed by atoms with van der Waals surface area (Å²) < 4.78 is 44.4. The Morgan fingerprint density at radius 3 is 1.40 bits per heavy atom. The molecule has 0 N–H and O–H groups in total. The van der Waals surface area contributed by atoms with E-state index in [0.29, 0.717) is 0 Å². The van der Waals surface area contributed by atoms with Gasteiger partial charge in [-0.1, -0.05) is 0 Å². The van der Waals surface area contributed by atoms with E-state index >= 15 is 0 Å². The molecular weight excluding hydrogens is 152 g/mol. The summed E-state index contributed by atoms with van der Waals surface area (Å²) in [5.41, 5.74) is 0. The molecule has 0 aromatic carbocycles. The van der Waals surface area contributed by atoms with Crippen LogP contribution >= 0.6 is 0 Å². The number of allylic oxidation sites excluding steroid dienone is 2. The molecule has 0 unspecified atom stereocenters. The first-order valence-corrected chi connectivity index (χ1v) is 2.11. The lowest BCUT2D eigenvalue weighted by Crippen LogP contribution is -1.85. The van der Waals surface area contributed by atoms with Crippen molar-refractivity contribution in [2.45, 2.75) is 0 Å². The predicted octanol–water partition coefficient (Wildman–Crippen LogP) is 2.12. The second-order valence-electron chi connectivity index (χ2n) is 1.27. The van der Waals surface area contributed by atoms with E-state index in [-0.39, 0.29) is 12.2 Å². The van der Waals surface area contributed by atoms with Crippen LogP contribution in [0.3, 0.4) is 0 Å². The van der Waals surface area contributed by atoms with E-state index in [1.807, 2.05) is 0 Å². The van der Waals surface area contributed by atoms with Crippen molar-refractivity contribution >= 4 is 5.78 Å². The zero-order valence-corrected chi connectivity index (χ0v) is 4.57. The van der Waals surface area contributed by atoms with E-state index in [9.17, 15) is 22.4 Å². The fourth-order valence-electron chi connectivity index (χ4n) is 0.257. The molecule has 10 heavy (non-hydrogen) atoms. The monoisotopic (exact) mass is 154 g/mol. The van der Waals surface area contributed by atoms with E-state index < -0.39 is 17.9 Å². The van der Waals surface area contributed by atoms with Gasteiger partial charge in [0.2, 0.25) is 0 Å². The average Bonchev–Trinajstić information content (AvgIpc) is 1.58. The fourth-order valence-corrected chi connectivity index (χ4v) is 0.257. The van der Waals surface area contributed by atoms with Gasteiger partial charge in [0, 0.05) is 0 Å². The molecule has 0 heterocycles. The molecule has 0 aliphatic heterocycles. The van der Waals surface area contributed by atoms with Gasteiger partial charge >= 0.3 is 0 Å². The molecule has 0 spiro atoms. The third-order valence-corrected chi connectivity index (χ3v) is 0.503. The van der Waals surface area contributed by atoms with Gasteiger partial charge in [-0.25, -0.2) is 0 Å². The molecule has 0 aromatic rings. The van der Waals surface area contributed by atoms with Crippen LogP contribution < -0.4 is 0 Å². The van der Waals surface area contributed by atoms with E-state index in [1.54, 1.807) is 0 Å². The van der Waals surface area contributed by atoms with Crippen molar-refractivity contribution in [2.75, 3.05) is 0 Å². The van der Waals surface area contributed by atoms with Crippen molar-refractivity contribution in [1.82, 2.24) is 0 Å². The third kappa shape index (κ3) is 5.02. The van der Waals surface area contributed by atoms with Gasteiger partial charge in [0.15, 0.2) is 5.78 Å². The molecule has 0 saturated carbocycles. The second kappa shape index (κ2) is 3.81. The van der Waals surface area contributed by atoms with Crippen LogP contribution in [0.5, 0.6) is 0 Å². The second-order valence-corrected chi connectivity index (χ2v) is 1.27. The summed E-state index contributed by atoms with van der Waals surface area (Å²) in [5.74, 6) is -1.42. The van der Waals surface area contributed by atoms with Crippen LogP contribution in [-0.4, -0.2) is 5.78 Å². The van der Waals surface area contributed by atoms with Gasteiger partial charge in [0.25, 0.3) is 12.2 Å².